The summed E-state index contributed by atoms with van der Waals surface area (Å²) in [5, 5.41) is 0. The largest absolute Gasteiger partial charge is 0.378 e. The Labute approximate surface area is 149 Å². The van der Waals surface area contributed by atoms with E-state index in [1.54, 1.807) is 17.0 Å². The van der Waals surface area contributed by atoms with Crippen LogP contribution >= 0.6 is 0 Å². The molecule has 25 heavy (non-hydrogen) atoms. The lowest BCUT2D eigenvalue weighted by Gasteiger charge is -2.27. The van der Waals surface area contributed by atoms with E-state index in [-0.39, 0.29) is 17.3 Å². The summed E-state index contributed by atoms with van der Waals surface area (Å²) in [5.74, 6) is -0.113. The number of hydrogen-bond acceptors (Lipinski definition) is 5. The lowest BCUT2D eigenvalue weighted by molar-refractivity contribution is 0.0303. The van der Waals surface area contributed by atoms with Crippen LogP contribution < -0.4 is 10.5 Å². The summed E-state index contributed by atoms with van der Waals surface area (Å²) in [7, 11) is -3.66. The molecule has 1 aromatic rings. The highest BCUT2D eigenvalue weighted by Crippen LogP contribution is 2.15. The van der Waals surface area contributed by atoms with Gasteiger partial charge in [-0.3, -0.25) is 4.79 Å². The number of sulfonamides is 1. The second-order valence-electron chi connectivity index (χ2n) is 6.32. The van der Waals surface area contributed by atoms with Crippen LogP contribution in [0.1, 0.15) is 37.0 Å². The normalized spacial score (nSPS) is 16.0. The van der Waals surface area contributed by atoms with Gasteiger partial charge in [-0.1, -0.05) is 13.8 Å². The first kappa shape index (κ1) is 19.8. The number of carbonyl (C=O) groups is 1. The average Bonchev–Trinajstić information content (AvgIpc) is 2.66. The summed E-state index contributed by atoms with van der Waals surface area (Å²) >= 11 is 0. The van der Waals surface area contributed by atoms with Crippen LogP contribution in [0.5, 0.6) is 0 Å². The van der Waals surface area contributed by atoms with Gasteiger partial charge in [0.15, 0.2) is 0 Å². The van der Waals surface area contributed by atoms with Crippen molar-refractivity contribution in [1.82, 2.24) is 9.62 Å². The zero-order valence-electron chi connectivity index (χ0n) is 14.8. The number of amides is 1. The fourth-order valence-electron chi connectivity index (χ4n) is 2.55. The molecule has 0 unspecified atom stereocenters. The molecule has 1 aliphatic rings. The van der Waals surface area contributed by atoms with Gasteiger partial charge in [-0.25, -0.2) is 13.1 Å². The summed E-state index contributed by atoms with van der Waals surface area (Å²) in [6.45, 7) is 6.19. The van der Waals surface area contributed by atoms with E-state index in [4.69, 9.17) is 10.5 Å². The molecule has 0 radical (unpaired) electrons. The van der Waals surface area contributed by atoms with Gasteiger partial charge in [0.2, 0.25) is 10.0 Å². The van der Waals surface area contributed by atoms with Gasteiger partial charge < -0.3 is 15.4 Å². The van der Waals surface area contributed by atoms with Gasteiger partial charge in [-0.2, -0.15) is 0 Å². The number of nitrogens with zero attached hydrogens (tertiary/aromatic N) is 1. The number of morpholine rings is 1. The van der Waals surface area contributed by atoms with E-state index in [1.807, 2.05) is 13.8 Å². The Bertz CT molecular complexity index is 678. The fourth-order valence-corrected chi connectivity index (χ4v) is 3.69. The van der Waals surface area contributed by atoms with Gasteiger partial charge in [-0.05, 0) is 37.1 Å². The van der Waals surface area contributed by atoms with Gasteiger partial charge in [0.05, 0.1) is 18.1 Å². The number of carbonyl (C=O) groups excluding carboxylic acids is 1. The summed E-state index contributed by atoms with van der Waals surface area (Å²) in [4.78, 5) is 14.2. The standard InChI is InChI=1S/C17H27N3O4S/c1-3-17(18,4-2)13-19-25(22,23)15-7-5-14(6-8-15)16(21)20-9-11-24-12-10-20/h5-8,19H,3-4,9-13,18H2,1-2H3. The summed E-state index contributed by atoms with van der Waals surface area (Å²) in [6.07, 6.45) is 1.36. The maximum Gasteiger partial charge on any atom is 0.254 e. The predicted molar refractivity (Wildman–Crippen MR) is 95.9 cm³/mol. The smallest absolute Gasteiger partial charge is 0.254 e. The molecule has 1 saturated heterocycles. The number of nitrogens with one attached hydrogen (secondary N) is 1. The number of nitrogens with two attached hydrogens (primary N) is 1. The van der Waals surface area contributed by atoms with Crippen LogP contribution in [0, 0.1) is 0 Å². The van der Waals surface area contributed by atoms with Gasteiger partial charge >= 0.3 is 0 Å². The van der Waals surface area contributed by atoms with E-state index in [1.165, 1.54) is 12.1 Å². The third-order valence-electron chi connectivity index (χ3n) is 4.73. The summed E-state index contributed by atoms with van der Waals surface area (Å²) in [6, 6.07) is 5.99. The SMILES string of the molecule is CCC(N)(CC)CNS(=O)(=O)c1ccc(C(=O)N2CCOCC2)cc1. The Balaban J connectivity index is 2.06. The molecule has 140 valence electrons. The van der Waals surface area contributed by atoms with Gasteiger partial charge in [0.25, 0.3) is 5.91 Å². The molecule has 1 fully saturated rings. The zero-order chi connectivity index (χ0) is 18.5. The lowest BCUT2D eigenvalue weighted by atomic mass is 9.95. The second-order valence-corrected chi connectivity index (χ2v) is 8.09. The summed E-state index contributed by atoms with van der Waals surface area (Å²) < 4.78 is 32.6. The molecular weight excluding hydrogens is 342 g/mol. The minimum atomic E-state index is -3.66. The minimum Gasteiger partial charge on any atom is -0.378 e. The minimum absolute atomic E-state index is 0.113. The molecule has 0 spiro atoms. The van der Waals surface area contributed by atoms with Crippen molar-refractivity contribution in [2.75, 3.05) is 32.8 Å². The Morgan fingerprint density at radius 1 is 1.20 bits per heavy atom. The van der Waals surface area contributed by atoms with Crippen LogP contribution in [0.25, 0.3) is 0 Å². The van der Waals surface area contributed by atoms with E-state index >= 15 is 0 Å². The van der Waals surface area contributed by atoms with Crippen molar-refractivity contribution in [3.8, 4) is 0 Å². The van der Waals surface area contributed by atoms with Gasteiger partial charge in [-0.15, -0.1) is 0 Å². The van der Waals surface area contributed by atoms with Crippen LogP contribution in [0.2, 0.25) is 0 Å². The molecule has 1 aliphatic heterocycles. The average molecular weight is 369 g/mol. The molecule has 8 heteroatoms. The Morgan fingerprint density at radius 2 is 1.76 bits per heavy atom. The van der Waals surface area contributed by atoms with Crippen molar-refractivity contribution in [2.24, 2.45) is 5.73 Å². The Hall–Kier alpha value is -1.48. The third-order valence-corrected chi connectivity index (χ3v) is 6.15. The van der Waals surface area contributed by atoms with E-state index in [0.29, 0.717) is 44.7 Å². The topological polar surface area (TPSA) is 102 Å². The molecule has 0 atom stereocenters. The number of benzene rings is 1. The highest BCUT2D eigenvalue weighted by atomic mass is 32.2. The predicted octanol–water partition coefficient (Wildman–Crippen LogP) is 0.955. The number of ether oxygens (including phenoxy) is 1. The Morgan fingerprint density at radius 3 is 2.28 bits per heavy atom. The molecule has 0 bridgehead atoms. The molecule has 3 N–H and O–H groups in total. The van der Waals surface area contributed by atoms with Crippen molar-refractivity contribution < 1.29 is 17.9 Å². The number of rotatable bonds is 7. The van der Waals surface area contributed by atoms with Crippen molar-refractivity contribution in [3.05, 3.63) is 29.8 Å². The first-order chi connectivity index (χ1) is 11.8. The van der Waals surface area contributed by atoms with E-state index in [0.717, 1.165) is 0 Å². The van der Waals surface area contributed by atoms with Gasteiger partial charge in [0.1, 0.15) is 0 Å². The molecule has 2 rings (SSSR count). The zero-order valence-corrected chi connectivity index (χ0v) is 15.6. The van der Waals surface area contributed by atoms with Crippen LogP contribution in [-0.2, 0) is 14.8 Å². The maximum atomic E-state index is 12.4. The summed E-state index contributed by atoms with van der Waals surface area (Å²) in [5.41, 5.74) is 6.05. The maximum absolute atomic E-state index is 12.4. The van der Waals surface area contributed by atoms with Crippen molar-refractivity contribution >= 4 is 15.9 Å². The fraction of sp³-hybridized carbons (Fsp3) is 0.588. The Kier molecular flexibility index (Phi) is 6.56. The number of hydrogen-bond donors (Lipinski definition) is 2. The molecule has 0 saturated carbocycles. The molecule has 1 amide bonds. The third kappa shape index (κ3) is 5.01. The van der Waals surface area contributed by atoms with E-state index < -0.39 is 15.6 Å². The molecule has 7 nitrogen and oxygen atoms in total. The molecule has 1 aromatic carbocycles. The van der Waals surface area contributed by atoms with E-state index in [9.17, 15) is 13.2 Å². The quantitative estimate of drug-likeness (QED) is 0.745. The van der Waals surface area contributed by atoms with Gasteiger partial charge in [0, 0.05) is 30.7 Å². The van der Waals surface area contributed by atoms with Crippen LogP contribution in [0.3, 0.4) is 0 Å². The lowest BCUT2D eigenvalue weighted by Crippen LogP contribution is -2.49. The first-order valence-corrected chi connectivity index (χ1v) is 10.1. The molecule has 1 heterocycles. The first-order valence-electron chi connectivity index (χ1n) is 8.57. The van der Waals surface area contributed by atoms with Crippen molar-refractivity contribution in [3.63, 3.8) is 0 Å². The highest BCUT2D eigenvalue weighted by molar-refractivity contribution is 7.89. The van der Waals surface area contributed by atoms with E-state index in [2.05, 4.69) is 4.72 Å². The van der Waals surface area contributed by atoms with Crippen LogP contribution in [0.15, 0.2) is 29.2 Å². The molecule has 0 aliphatic carbocycles. The second kappa shape index (κ2) is 8.27. The molecule has 0 aromatic heterocycles. The highest BCUT2D eigenvalue weighted by Gasteiger charge is 2.24. The van der Waals surface area contributed by atoms with Crippen molar-refractivity contribution in [1.29, 1.82) is 0 Å². The monoisotopic (exact) mass is 369 g/mol. The van der Waals surface area contributed by atoms with Crippen LogP contribution in [0.4, 0.5) is 0 Å². The van der Waals surface area contributed by atoms with Crippen molar-refractivity contribution in [2.45, 2.75) is 37.1 Å². The van der Waals surface area contributed by atoms with Crippen LogP contribution in [-0.4, -0.2) is 57.6 Å². The molecular formula is C17H27N3O4S.